The largest absolute Gasteiger partial charge is 0.490 e. The van der Waals surface area contributed by atoms with Gasteiger partial charge in [-0.2, -0.15) is 0 Å². The van der Waals surface area contributed by atoms with Crippen LogP contribution in [0.15, 0.2) is 12.1 Å². The highest BCUT2D eigenvalue weighted by Gasteiger charge is 2.13. The molecule has 2 rings (SSSR count). The smallest absolute Gasteiger partial charge is 0.163 e. The first-order chi connectivity index (χ1) is 11.6. The molecule has 0 spiro atoms. The molecule has 0 aromatic heterocycles. The second kappa shape index (κ2) is 10.1. The van der Waals surface area contributed by atoms with Crippen molar-refractivity contribution in [3.05, 3.63) is 22.7 Å². The number of halogens is 1. The zero-order valence-electron chi connectivity index (χ0n) is 14.9. The lowest BCUT2D eigenvalue weighted by molar-refractivity contribution is 0.0384. The van der Waals surface area contributed by atoms with Crippen LogP contribution >= 0.6 is 11.6 Å². The van der Waals surface area contributed by atoms with E-state index in [0.29, 0.717) is 23.9 Å². The van der Waals surface area contributed by atoms with Crippen LogP contribution in [0.25, 0.3) is 0 Å². The minimum absolute atomic E-state index is 0.0813. The molecule has 1 aromatic rings. The lowest BCUT2D eigenvalue weighted by Crippen LogP contribution is -2.40. The normalized spacial score (nSPS) is 15.7. The molecule has 24 heavy (non-hydrogen) atoms. The maximum Gasteiger partial charge on any atom is 0.163 e. The first-order valence-electron chi connectivity index (χ1n) is 8.72. The molecule has 1 saturated heterocycles. The highest BCUT2D eigenvalue weighted by atomic mass is 35.5. The van der Waals surface area contributed by atoms with Gasteiger partial charge in [-0.3, -0.25) is 4.90 Å². The average Bonchev–Trinajstić information content (AvgIpc) is 2.55. The molecule has 0 unspecified atom stereocenters. The molecule has 6 heteroatoms. The summed E-state index contributed by atoms with van der Waals surface area (Å²) in [4.78, 5) is 2.41. The second-order valence-electron chi connectivity index (χ2n) is 6.12. The van der Waals surface area contributed by atoms with E-state index in [1.54, 1.807) is 0 Å². The number of ether oxygens (including phenoxy) is 3. The molecule has 136 valence electrons. The van der Waals surface area contributed by atoms with Crippen molar-refractivity contribution in [1.82, 2.24) is 10.2 Å². The van der Waals surface area contributed by atoms with Crippen LogP contribution in [0.1, 0.15) is 26.3 Å². The summed E-state index contributed by atoms with van der Waals surface area (Å²) in [7, 11) is 0. The summed E-state index contributed by atoms with van der Waals surface area (Å²) in [6, 6.07) is 3.83. The van der Waals surface area contributed by atoms with Gasteiger partial charge in [-0.1, -0.05) is 11.6 Å². The van der Waals surface area contributed by atoms with E-state index in [4.69, 9.17) is 25.8 Å². The van der Waals surface area contributed by atoms with Crippen molar-refractivity contribution in [2.45, 2.75) is 33.4 Å². The van der Waals surface area contributed by atoms with Crippen LogP contribution < -0.4 is 14.8 Å². The summed E-state index contributed by atoms with van der Waals surface area (Å²) in [6.45, 7) is 12.9. The Bertz CT molecular complexity index is 505. The van der Waals surface area contributed by atoms with Crippen LogP contribution in [0.5, 0.6) is 11.5 Å². The van der Waals surface area contributed by atoms with Gasteiger partial charge in [0.15, 0.2) is 11.5 Å². The fraction of sp³-hybridized carbons (Fsp3) is 0.667. The quantitative estimate of drug-likeness (QED) is 0.689. The molecule has 1 fully saturated rings. The third kappa shape index (κ3) is 6.13. The molecule has 0 amide bonds. The first-order valence-corrected chi connectivity index (χ1v) is 9.10. The molecule has 1 heterocycles. The molecule has 1 aromatic carbocycles. The lowest BCUT2D eigenvalue weighted by Gasteiger charge is -2.26. The van der Waals surface area contributed by atoms with Gasteiger partial charge in [-0.15, -0.1) is 0 Å². The molecule has 5 nitrogen and oxygen atoms in total. The number of hydrogen-bond acceptors (Lipinski definition) is 5. The average molecular weight is 357 g/mol. The van der Waals surface area contributed by atoms with Gasteiger partial charge in [0.05, 0.1) is 25.9 Å². The first kappa shape index (κ1) is 19.3. The van der Waals surface area contributed by atoms with E-state index in [2.05, 4.69) is 10.2 Å². The van der Waals surface area contributed by atoms with E-state index >= 15 is 0 Å². The van der Waals surface area contributed by atoms with Crippen LogP contribution in [-0.2, 0) is 11.3 Å². The number of nitrogens with zero attached hydrogens (tertiary/aromatic N) is 1. The van der Waals surface area contributed by atoms with Gasteiger partial charge in [0.1, 0.15) is 0 Å². The molecule has 0 atom stereocenters. The lowest BCUT2D eigenvalue weighted by atomic mass is 10.2. The van der Waals surface area contributed by atoms with E-state index in [1.807, 2.05) is 32.9 Å². The summed E-state index contributed by atoms with van der Waals surface area (Å²) in [6.07, 6.45) is 0.0813. The third-order valence-electron chi connectivity index (χ3n) is 3.80. The Morgan fingerprint density at radius 1 is 1.25 bits per heavy atom. The molecule has 1 N–H and O–H groups in total. The fourth-order valence-electron chi connectivity index (χ4n) is 2.61. The molecule has 0 aliphatic carbocycles. The Morgan fingerprint density at radius 3 is 2.67 bits per heavy atom. The van der Waals surface area contributed by atoms with Crippen molar-refractivity contribution in [2.75, 3.05) is 46.0 Å². The summed E-state index contributed by atoms with van der Waals surface area (Å²) < 4.78 is 16.9. The van der Waals surface area contributed by atoms with Crippen LogP contribution in [-0.4, -0.2) is 57.0 Å². The number of benzene rings is 1. The number of rotatable bonds is 9. The highest BCUT2D eigenvalue weighted by Crippen LogP contribution is 2.34. The molecule has 0 saturated carbocycles. The van der Waals surface area contributed by atoms with Crippen LogP contribution in [0.4, 0.5) is 0 Å². The predicted molar refractivity (Wildman–Crippen MR) is 97.4 cm³/mol. The van der Waals surface area contributed by atoms with Gasteiger partial charge < -0.3 is 19.5 Å². The topological polar surface area (TPSA) is 43.0 Å². The Hall–Kier alpha value is -1.01. The monoisotopic (exact) mass is 356 g/mol. The summed E-state index contributed by atoms with van der Waals surface area (Å²) >= 11 is 6.41. The summed E-state index contributed by atoms with van der Waals surface area (Å²) in [5.41, 5.74) is 1.03. The van der Waals surface area contributed by atoms with E-state index in [9.17, 15) is 0 Å². The zero-order valence-corrected chi connectivity index (χ0v) is 15.7. The van der Waals surface area contributed by atoms with Crippen molar-refractivity contribution in [2.24, 2.45) is 0 Å². The molecule has 1 aliphatic rings. The predicted octanol–water partition coefficient (Wildman–Crippen LogP) is 2.95. The minimum Gasteiger partial charge on any atom is -0.490 e. The van der Waals surface area contributed by atoms with E-state index in [-0.39, 0.29) is 6.10 Å². The van der Waals surface area contributed by atoms with Crippen molar-refractivity contribution >= 4 is 11.6 Å². The molecular weight excluding hydrogens is 328 g/mol. The zero-order chi connectivity index (χ0) is 17.4. The Morgan fingerprint density at radius 2 is 2.00 bits per heavy atom. The van der Waals surface area contributed by atoms with Gasteiger partial charge in [-0.05, 0) is 32.4 Å². The van der Waals surface area contributed by atoms with Gasteiger partial charge >= 0.3 is 0 Å². The molecule has 0 radical (unpaired) electrons. The Labute approximate surface area is 150 Å². The maximum atomic E-state index is 6.41. The van der Waals surface area contributed by atoms with Crippen molar-refractivity contribution in [3.63, 3.8) is 0 Å². The van der Waals surface area contributed by atoms with E-state index in [1.165, 1.54) is 0 Å². The number of nitrogens with one attached hydrogen (secondary N) is 1. The van der Waals surface area contributed by atoms with Gasteiger partial charge in [0.2, 0.25) is 0 Å². The van der Waals surface area contributed by atoms with Gasteiger partial charge in [0.25, 0.3) is 0 Å². The van der Waals surface area contributed by atoms with Gasteiger partial charge in [0, 0.05) is 43.8 Å². The summed E-state index contributed by atoms with van der Waals surface area (Å²) in [5, 5.41) is 4.16. The Kier molecular flexibility index (Phi) is 8.12. The van der Waals surface area contributed by atoms with Crippen LogP contribution in [0.2, 0.25) is 5.02 Å². The van der Waals surface area contributed by atoms with E-state index < -0.39 is 0 Å². The maximum absolute atomic E-state index is 6.41. The standard InChI is InChI=1S/C18H29ClN2O3/c1-4-23-17-11-15(16(19)12-18(17)24-14(2)3)13-20-5-6-21-7-9-22-10-8-21/h11-12,14,20H,4-10,13H2,1-3H3. The van der Waals surface area contributed by atoms with Crippen LogP contribution in [0, 0.1) is 0 Å². The van der Waals surface area contributed by atoms with Crippen molar-refractivity contribution < 1.29 is 14.2 Å². The molecule has 1 aliphatic heterocycles. The van der Waals surface area contributed by atoms with Crippen LogP contribution in [0.3, 0.4) is 0 Å². The Balaban J connectivity index is 1.90. The number of hydrogen-bond donors (Lipinski definition) is 1. The fourth-order valence-corrected chi connectivity index (χ4v) is 2.83. The van der Waals surface area contributed by atoms with E-state index in [0.717, 1.165) is 50.7 Å². The third-order valence-corrected chi connectivity index (χ3v) is 4.15. The number of morpholine rings is 1. The minimum atomic E-state index is 0.0813. The van der Waals surface area contributed by atoms with Crippen molar-refractivity contribution in [1.29, 1.82) is 0 Å². The highest BCUT2D eigenvalue weighted by molar-refractivity contribution is 6.31. The molecular formula is C18H29ClN2O3. The van der Waals surface area contributed by atoms with Gasteiger partial charge in [-0.25, -0.2) is 0 Å². The van der Waals surface area contributed by atoms with Crippen molar-refractivity contribution in [3.8, 4) is 11.5 Å². The second-order valence-corrected chi connectivity index (χ2v) is 6.53. The SMILES string of the molecule is CCOc1cc(CNCCN2CCOCC2)c(Cl)cc1OC(C)C. The summed E-state index contributed by atoms with van der Waals surface area (Å²) in [5.74, 6) is 1.45. The molecule has 0 bridgehead atoms.